The third-order valence-corrected chi connectivity index (χ3v) is 37.1. The van der Waals surface area contributed by atoms with Crippen LogP contribution in [0.1, 0.15) is 36.4 Å². The molecule has 0 aromatic heterocycles. The molecule has 0 aliphatic heterocycles. The molecule has 1 unspecified atom stereocenters. The Labute approximate surface area is 222 Å². The maximum absolute atomic E-state index is 4.44. The summed E-state index contributed by atoms with van der Waals surface area (Å²) in [5.74, 6) is 0. The molecule has 2 aliphatic carbocycles. The Morgan fingerprint density at radius 3 is 1.46 bits per heavy atom. The van der Waals surface area contributed by atoms with Gasteiger partial charge in [-0.2, -0.15) is 0 Å². The molecular formula is C35H30SiZr. The first-order valence-electron chi connectivity index (χ1n) is 13.2. The Morgan fingerprint density at radius 2 is 0.919 bits per heavy atom. The molecule has 0 saturated carbocycles. The Bertz CT molecular complexity index is 1660. The predicted octanol–water partition coefficient (Wildman–Crippen LogP) is 6.80. The summed E-state index contributed by atoms with van der Waals surface area (Å²) < 4.78 is 3.86. The van der Waals surface area contributed by atoms with Gasteiger partial charge in [-0.05, 0) is 0 Å². The topological polar surface area (TPSA) is 0 Å². The average molecular weight is 570 g/mol. The SMILES string of the molecule is CC1=Cc2ccccc2[CH]1[Zr](=[SiH2])([c]1ccccc1)([c]1ccccc1)[CH]1c2ccccc2-c2ccccc21. The Morgan fingerprint density at radius 1 is 0.486 bits per heavy atom. The quantitative estimate of drug-likeness (QED) is 0.209. The van der Waals surface area contributed by atoms with Crippen LogP contribution in [0, 0.1) is 0 Å². The molecule has 5 aromatic carbocycles. The summed E-state index contributed by atoms with van der Waals surface area (Å²) in [5, 5.41) is 0. The van der Waals surface area contributed by atoms with E-state index in [1.54, 1.807) is 6.54 Å². The van der Waals surface area contributed by atoms with Gasteiger partial charge in [0, 0.05) is 0 Å². The Balaban J connectivity index is 1.72. The normalized spacial score (nSPS) is 16.6. The van der Waals surface area contributed by atoms with Crippen molar-refractivity contribution in [2.24, 2.45) is 0 Å². The van der Waals surface area contributed by atoms with Gasteiger partial charge in [-0.25, -0.2) is 0 Å². The van der Waals surface area contributed by atoms with Crippen LogP contribution in [0.4, 0.5) is 0 Å². The minimum absolute atomic E-state index is 0.344. The molecular weight excluding hydrogens is 540 g/mol. The van der Waals surface area contributed by atoms with Gasteiger partial charge in [0.25, 0.3) is 0 Å². The van der Waals surface area contributed by atoms with E-state index in [9.17, 15) is 0 Å². The van der Waals surface area contributed by atoms with Gasteiger partial charge in [-0.3, -0.25) is 0 Å². The van der Waals surface area contributed by atoms with Crippen LogP contribution in [0.3, 0.4) is 0 Å². The zero-order valence-corrected chi connectivity index (χ0v) is 25.0. The van der Waals surface area contributed by atoms with Crippen LogP contribution in [0.25, 0.3) is 17.2 Å². The molecule has 0 saturated heterocycles. The summed E-state index contributed by atoms with van der Waals surface area (Å²) >= 11 is -4.44. The van der Waals surface area contributed by atoms with Crippen molar-refractivity contribution in [1.29, 1.82) is 0 Å². The van der Waals surface area contributed by atoms with Crippen molar-refractivity contribution in [3.05, 3.63) is 161 Å². The van der Waals surface area contributed by atoms with E-state index in [2.05, 4.69) is 153 Å². The number of hydrogen-bond donors (Lipinski definition) is 0. The fourth-order valence-electron chi connectivity index (χ4n) is 7.88. The monoisotopic (exact) mass is 568 g/mol. The van der Waals surface area contributed by atoms with E-state index in [-0.39, 0.29) is 0 Å². The van der Waals surface area contributed by atoms with E-state index < -0.39 is 17.4 Å². The molecule has 5 aromatic rings. The first-order valence-corrected chi connectivity index (χ1v) is 24.4. The van der Waals surface area contributed by atoms with E-state index in [0.29, 0.717) is 7.25 Å². The molecule has 0 bridgehead atoms. The van der Waals surface area contributed by atoms with Crippen LogP contribution in [0.5, 0.6) is 0 Å². The molecule has 0 fully saturated rings. The second-order valence-electron chi connectivity index (χ2n) is 10.9. The van der Waals surface area contributed by atoms with Gasteiger partial charge in [-0.15, -0.1) is 0 Å². The summed E-state index contributed by atoms with van der Waals surface area (Å²) in [4.78, 5) is 0. The fourth-order valence-corrected chi connectivity index (χ4v) is 36.1. The van der Waals surface area contributed by atoms with E-state index in [1.807, 2.05) is 0 Å². The average Bonchev–Trinajstić information content (AvgIpc) is 3.49. The number of benzene rings is 5. The van der Waals surface area contributed by atoms with E-state index >= 15 is 0 Å². The molecule has 0 nitrogen and oxygen atoms in total. The Kier molecular flexibility index (Phi) is 5.29. The molecule has 0 radical (unpaired) electrons. The molecule has 0 spiro atoms. The second kappa shape index (κ2) is 8.48. The van der Waals surface area contributed by atoms with Gasteiger partial charge in [-0.1, -0.05) is 0 Å². The van der Waals surface area contributed by atoms with Gasteiger partial charge in [0.15, 0.2) is 0 Å². The standard InChI is InChI=1S/C13H9.C10H9.2C6H5.H2Si.Zr/c1-3-7-12-10(5-1)9-11-6-2-4-8-13(11)12;1-8-6-9-4-2-3-5-10(9)7-8;2*1-2-4-6-5-3-1;;/h1-9H;2-7H,1H3;2*1-5H;1H2;. The van der Waals surface area contributed by atoms with Crippen molar-refractivity contribution in [2.75, 3.05) is 0 Å². The molecule has 0 heterocycles. The summed E-state index contributed by atoms with van der Waals surface area (Å²) in [6, 6.07) is 50.9. The predicted molar refractivity (Wildman–Crippen MR) is 157 cm³/mol. The van der Waals surface area contributed by atoms with Gasteiger partial charge >= 0.3 is 223 Å². The minimum atomic E-state index is -4.44. The van der Waals surface area contributed by atoms with Crippen molar-refractivity contribution in [2.45, 2.75) is 14.2 Å². The van der Waals surface area contributed by atoms with Gasteiger partial charge in [0.1, 0.15) is 0 Å². The fraction of sp³-hybridized carbons (Fsp3) is 0.0857. The van der Waals surface area contributed by atoms with E-state index in [1.165, 1.54) is 39.0 Å². The van der Waals surface area contributed by atoms with Crippen molar-refractivity contribution in [3.8, 4) is 11.1 Å². The van der Waals surface area contributed by atoms with Crippen LogP contribution < -0.4 is 6.54 Å². The molecule has 178 valence electrons. The van der Waals surface area contributed by atoms with Crippen LogP contribution in [0.15, 0.2) is 139 Å². The van der Waals surface area contributed by atoms with Crippen molar-refractivity contribution < 1.29 is 17.4 Å². The summed E-state index contributed by atoms with van der Waals surface area (Å²) in [6.45, 7) is 4.83. The molecule has 7 rings (SSSR count). The van der Waals surface area contributed by atoms with Gasteiger partial charge < -0.3 is 0 Å². The summed E-state index contributed by atoms with van der Waals surface area (Å²) in [6.07, 6.45) is 2.47. The molecule has 0 N–H and O–H groups in total. The van der Waals surface area contributed by atoms with Crippen LogP contribution in [-0.2, 0) is 17.4 Å². The van der Waals surface area contributed by atoms with E-state index in [4.69, 9.17) is 0 Å². The molecule has 2 aliphatic rings. The maximum atomic E-state index is 2.47. The van der Waals surface area contributed by atoms with Gasteiger partial charge in [0.2, 0.25) is 0 Å². The van der Waals surface area contributed by atoms with Crippen molar-refractivity contribution in [3.63, 3.8) is 0 Å². The van der Waals surface area contributed by atoms with Gasteiger partial charge in [0.05, 0.1) is 0 Å². The summed E-state index contributed by atoms with van der Waals surface area (Å²) in [7, 11) is 0. The van der Waals surface area contributed by atoms with Crippen LogP contribution >= 0.6 is 0 Å². The number of rotatable bonds is 4. The third kappa shape index (κ3) is 3.03. The second-order valence-corrected chi connectivity index (χ2v) is 33.6. The first kappa shape index (κ1) is 23.1. The van der Waals surface area contributed by atoms with E-state index in [0.717, 1.165) is 0 Å². The van der Waals surface area contributed by atoms with Crippen molar-refractivity contribution in [1.82, 2.24) is 0 Å². The zero-order valence-electron chi connectivity index (χ0n) is 21.1. The first-order chi connectivity index (χ1) is 18.1. The molecule has 0 amide bonds. The zero-order chi connectivity index (χ0) is 25.1. The summed E-state index contributed by atoms with van der Waals surface area (Å²) in [5.41, 5.74) is 10.3. The van der Waals surface area contributed by atoms with Crippen LogP contribution in [0.2, 0.25) is 0 Å². The van der Waals surface area contributed by atoms with Crippen molar-refractivity contribution >= 4 is 19.5 Å². The number of hydrogen-bond acceptors (Lipinski definition) is 0. The molecule has 2 heteroatoms. The number of fused-ring (bicyclic) bond motifs is 4. The third-order valence-electron chi connectivity index (χ3n) is 9.21. The molecule has 37 heavy (non-hydrogen) atoms. The van der Waals surface area contributed by atoms with Crippen LogP contribution in [-0.4, -0.2) is 6.88 Å². The Hall–Kier alpha value is -3.06. The molecule has 1 atom stereocenters. The number of allylic oxidation sites excluding steroid dienone is 1.